The lowest BCUT2D eigenvalue weighted by Crippen LogP contribution is -2.50. The van der Waals surface area contributed by atoms with E-state index >= 15 is 0 Å². The van der Waals surface area contributed by atoms with Gasteiger partial charge in [0, 0.05) is 25.7 Å². The summed E-state index contributed by atoms with van der Waals surface area (Å²) >= 11 is 0. The Hall–Kier alpha value is -1.42. The summed E-state index contributed by atoms with van der Waals surface area (Å²) in [5.41, 5.74) is -0.704. The molecule has 0 aromatic carbocycles. The minimum atomic E-state index is -0.704. The number of carbonyl (C=O) groups is 2. The molecule has 0 radical (unpaired) electrons. The molecule has 0 aromatic heterocycles. The van der Waals surface area contributed by atoms with E-state index in [0.29, 0.717) is 13.0 Å². The molecule has 0 N–H and O–H groups in total. The Labute approximate surface area is 113 Å². The van der Waals surface area contributed by atoms with Crippen LogP contribution in [0.3, 0.4) is 0 Å². The zero-order chi connectivity index (χ0) is 14.0. The van der Waals surface area contributed by atoms with E-state index < -0.39 is 5.41 Å². The van der Waals surface area contributed by atoms with Gasteiger partial charge in [0.25, 0.3) is 0 Å². The maximum Gasteiger partial charge on any atom is 0.204 e. The summed E-state index contributed by atoms with van der Waals surface area (Å²) in [4.78, 5) is 24.8. The molecule has 0 saturated carbocycles. The Morgan fingerprint density at radius 1 is 1.37 bits per heavy atom. The average molecular weight is 264 g/mol. The van der Waals surface area contributed by atoms with Gasteiger partial charge in [-0.2, -0.15) is 0 Å². The number of ether oxygens (including phenoxy) is 2. The molecule has 0 fully saturated rings. The number of hydrogen-bond donors (Lipinski definition) is 0. The van der Waals surface area contributed by atoms with E-state index in [-0.39, 0.29) is 29.2 Å². The number of methoxy groups -OCH3 is 2. The standard InChI is InChI=1S/C15H20O4/c1-15-10(7-8-18-2)5-4-6-11(15)12(16)9-13(19-3)14(15)17/h4-5,9-11H,6-8H2,1-3H3/t10-,11?,15?/m0/s1. The summed E-state index contributed by atoms with van der Waals surface area (Å²) < 4.78 is 10.2. The minimum Gasteiger partial charge on any atom is -0.493 e. The lowest BCUT2D eigenvalue weighted by atomic mass is 9.57. The van der Waals surface area contributed by atoms with Crippen LogP contribution in [0, 0.1) is 17.3 Å². The van der Waals surface area contributed by atoms with Crippen molar-refractivity contribution in [2.75, 3.05) is 20.8 Å². The normalized spacial score (nSPS) is 33.9. The molecule has 0 bridgehead atoms. The molecule has 0 spiro atoms. The number of hydrogen-bond acceptors (Lipinski definition) is 4. The molecular formula is C15H20O4. The van der Waals surface area contributed by atoms with Gasteiger partial charge in [0.2, 0.25) is 5.78 Å². The molecule has 19 heavy (non-hydrogen) atoms. The first kappa shape index (κ1) is 14.0. The van der Waals surface area contributed by atoms with Crippen molar-refractivity contribution >= 4 is 11.6 Å². The number of ketones is 2. The zero-order valence-electron chi connectivity index (χ0n) is 11.6. The van der Waals surface area contributed by atoms with Crippen LogP contribution in [0.2, 0.25) is 0 Å². The average Bonchev–Trinajstić information content (AvgIpc) is 2.41. The molecule has 0 amide bonds. The Bertz CT molecular complexity index is 449. The molecule has 104 valence electrons. The summed E-state index contributed by atoms with van der Waals surface area (Å²) in [6, 6.07) is 0. The second kappa shape index (κ2) is 5.29. The van der Waals surface area contributed by atoms with Gasteiger partial charge in [0.15, 0.2) is 11.5 Å². The first-order valence-electron chi connectivity index (χ1n) is 6.55. The van der Waals surface area contributed by atoms with Crippen LogP contribution >= 0.6 is 0 Å². The maximum atomic E-state index is 12.6. The molecule has 4 nitrogen and oxygen atoms in total. The third kappa shape index (κ3) is 2.14. The third-order valence-corrected chi connectivity index (χ3v) is 4.42. The van der Waals surface area contributed by atoms with Crippen molar-refractivity contribution in [2.45, 2.75) is 19.8 Å². The van der Waals surface area contributed by atoms with Crippen LogP contribution in [0.1, 0.15) is 19.8 Å². The second-order valence-corrected chi connectivity index (χ2v) is 5.33. The molecule has 3 atom stereocenters. The van der Waals surface area contributed by atoms with Crippen molar-refractivity contribution in [1.29, 1.82) is 0 Å². The summed E-state index contributed by atoms with van der Waals surface area (Å²) in [5, 5.41) is 0. The molecule has 0 heterocycles. The van der Waals surface area contributed by atoms with Crippen LogP contribution in [0.5, 0.6) is 0 Å². The van der Waals surface area contributed by atoms with Gasteiger partial charge in [-0.15, -0.1) is 0 Å². The fourth-order valence-electron chi connectivity index (χ4n) is 3.17. The monoisotopic (exact) mass is 264 g/mol. The van der Waals surface area contributed by atoms with Gasteiger partial charge >= 0.3 is 0 Å². The van der Waals surface area contributed by atoms with Gasteiger partial charge in [0.05, 0.1) is 12.5 Å². The lowest BCUT2D eigenvalue weighted by molar-refractivity contribution is -0.142. The second-order valence-electron chi connectivity index (χ2n) is 5.33. The highest BCUT2D eigenvalue weighted by Gasteiger charge is 2.53. The number of rotatable bonds is 4. The Balaban J connectivity index is 2.39. The van der Waals surface area contributed by atoms with Gasteiger partial charge in [-0.05, 0) is 18.8 Å². The highest BCUT2D eigenvalue weighted by atomic mass is 16.5. The lowest BCUT2D eigenvalue weighted by Gasteiger charge is -2.44. The van der Waals surface area contributed by atoms with Crippen LogP contribution in [0.15, 0.2) is 24.0 Å². The summed E-state index contributed by atoms with van der Waals surface area (Å²) in [7, 11) is 3.07. The summed E-state index contributed by atoms with van der Waals surface area (Å²) in [6.07, 6.45) is 6.75. The number of carbonyl (C=O) groups excluding carboxylic acids is 2. The van der Waals surface area contributed by atoms with Crippen LogP contribution in [0.25, 0.3) is 0 Å². The van der Waals surface area contributed by atoms with Crippen LogP contribution in [-0.2, 0) is 19.1 Å². The van der Waals surface area contributed by atoms with Gasteiger partial charge < -0.3 is 9.47 Å². The number of Topliss-reactive ketones (excluding diaryl/α,β-unsaturated/α-hetero) is 1. The summed E-state index contributed by atoms with van der Waals surface area (Å²) in [5.74, 6) is -0.149. The fourth-order valence-corrected chi connectivity index (χ4v) is 3.17. The maximum absolute atomic E-state index is 12.6. The predicted molar refractivity (Wildman–Crippen MR) is 70.4 cm³/mol. The Kier molecular flexibility index (Phi) is 3.90. The first-order valence-corrected chi connectivity index (χ1v) is 6.55. The number of fused-ring (bicyclic) bond motifs is 1. The predicted octanol–water partition coefficient (Wildman–Crippen LogP) is 1.90. The smallest absolute Gasteiger partial charge is 0.204 e. The molecule has 2 rings (SSSR count). The molecular weight excluding hydrogens is 244 g/mol. The largest absolute Gasteiger partial charge is 0.493 e. The quantitative estimate of drug-likeness (QED) is 0.728. The summed E-state index contributed by atoms with van der Waals surface area (Å²) in [6.45, 7) is 2.46. The van der Waals surface area contributed by atoms with Crippen molar-refractivity contribution in [1.82, 2.24) is 0 Å². The molecule has 2 unspecified atom stereocenters. The van der Waals surface area contributed by atoms with Gasteiger partial charge in [-0.25, -0.2) is 0 Å². The van der Waals surface area contributed by atoms with Crippen molar-refractivity contribution in [2.24, 2.45) is 17.3 Å². The zero-order valence-corrected chi connectivity index (χ0v) is 11.6. The van der Waals surface area contributed by atoms with Crippen LogP contribution < -0.4 is 0 Å². The minimum absolute atomic E-state index is 0.00860. The number of allylic oxidation sites excluding steroid dienone is 4. The van der Waals surface area contributed by atoms with Crippen molar-refractivity contribution in [3.8, 4) is 0 Å². The van der Waals surface area contributed by atoms with E-state index in [2.05, 4.69) is 0 Å². The fraction of sp³-hybridized carbons (Fsp3) is 0.600. The molecule has 4 heteroatoms. The molecule has 2 aliphatic carbocycles. The molecule has 0 saturated heterocycles. The van der Waals surface area contributed by atoms with Crippen molar-refractivity contribution in [3.63, 3.8) is 0 Å². The third-order valence-electron chi connectivity index (χ3n) is 4.42. The van der Waals surface area contributed by atoms with E-state index in [1.165, 1.54) is 13.2 Å². The van der Waals surface area contributed by atoms with E-state index in [1.807, 2.05) is 19.1 Å². The highest BCUT2D eigenvalue weighted by molar-refractivity contribution is 6.11. The highest BCUT2D eigenvalue weighted by Crippen LogP contribution is 2.48. The molecule has 0 aliphatic heterocycles. The van der Waals surface area contributed by atoms with Gasteiger partial charge in [-0.3, -0.25) is 9.59 Å². The molecule has 2 aliphatic rings. The van der Waals surface area contributed by atoms with E-state index in [0.717, 1.165) is 6.42 Å². The van der Waals surface area contributed by atoms with Crippen molar-refractivity contribution in [3.05, 3.63) is 24.0 Å². The van der Waals surface area contributed by atoms with E-state index in [4.69, 9.17) is 9.47 Å². The SMILES string of the molecule is COCC[C@@H]1C=CCC2C(=O)C=C(OC)C(=O)C21C. The van der Waals surface area contributed by atoms with Crippen LogP contribution in [0.4, 0.5) is 0 Å². The van der Waals surface area contributed by atoms with E-state index in [1.54, 1.807) is 7.11 Å². The molecule has 0 aromatic rings. The van der Waals surface area contributed by atoms with Crippen molar-refractivity contribution < 1.29 is 19.1 Å². The van der Waals surface area contributed by atoms with E-state index in [9.17, 15) is 9.59 Å². The van der Waals surface area contributed by atoms with Gasteiger partial charge in [-0.1, -0.05) is 19.1 Å². The Morgan fingerprint density at radius 3 is 2.74 bits per heavy atom. The topological polar surface area (TPSA) is 52.6 Å². The first-order chi connectivity index (χ1) is 9.05. The van der Waals surface area contributed by atoms with Gasteiger partial charge in [0.1, 0.15) is 0 Å². The Morgan fingerprint density at radius 2 is 2.11 bits per heavy atom. The van der Waals surface area contributed by atoms with Crippen LogP contribution in [-0.4, -0.2) is 32.4 Å².